The number of hydrogen-bond acceptors (Lipinski definition) is 7. The molecule has 2 aliphatic heterocycles. The highest BCUT2D eigenvalue weighted by molar-refractivity contribution is 6.30. The number of hydrogen-bond donors (Lipinski definition) is 4. The van der Waals surface area contributed by atoms with Crippen molar-refractivity contribution < 1.29 is 34.4 Å². The molecule has 2 fully saturated rings. The van der Waals surface area contributed by atoms with Crippen LogP contribution in [-0.4, -0.2) is 57.8 Å². The van der Waals surface area contributed by atoms with E-state index in [0.717, 1.165) is 40.9 Å². The van der Waals surface area contributed by atoms with Gasteiger partial charge in [-0.1, -0.05) is 72.3 Å². The number of piperidine rings is 1. The number of rotatable bonds is 13. The lowest BCUT2D eigenvalue weighted by Gasteiger charge is -2.42. The zero-order chi connectivity index (χ0) is 32.5. The number of amides is 1. The predicted octanol–water partition coefficient (Wildman–Crippen LogP) is 5.62. The quantitative estimate of drug-likeness (QED) is 0.176. The van der Waals surface area contributed by atoms with E-state index in [1.807, 2.05) is 72.8 Å². The summed E-state index contributed by atoms with van der Waals surface area (Å²) in [5.41, 5.74) is 3.69. The number of unbranched alkanes of at least 4 members (excludes halogenated alkanes) is 1. The lowest BCUT2D eigenvalue weighted by Crippen LogP contribution is -2.46. The number of aliphatic hydroxyl groups excluding tert-OH is 1. The molecule has 2 aliphatic rings. The third-order valence-electron chi connectivity index (χ3n) is 8.93. The van der Waals surface area contributed by atoms with Gasteiger partial charge in [-0.05, 0) is 60.1 Å². The van der Waals surface area contributed by atoms with Crippen molar-refractivity contribution in [2.24, 2.45) is 0 Å². The molecule has 3 atom stereocenters. The van der Waals surface area contributed by atoms with Gasteiger partial charge >= 0.3 is 5.97 Å². The Kier molecular flexibility index (Phi) is 11.8. The summed E-state index contributed by atoms with van der Waals surface area (Å²) >= 11 is 6.06. The van der Waals surface area contributed by atoms with Crippen molar-refractivity contribution >= 4 is 23.5 Å². The molecule has 246 valence electrons. The van der Waals surface area contributed by atoms with Gasteiger partial charge in [-0.3, -0.25) is 9.59 Å². The minimum atomic E-state index is -0.876. The SMILES string of the molecule is O=C(O)CCCCC(=O)NCc1ccc([C@@H]2O[C@H](CN3CCC(O)(c4ccc(Cl)cc4)CC3)C[C@H](c3ccc(CO)cc3)O2)cc1. The summed E-state index contributed by atoms with van der Waals surface area (Å²) < 4.78 is 13.0. The van der Waals surface area contributed by atoms with Gasteiger partial charge < -0.3 is 35.0 Å². The molecule has 0 bridgehead atoms. The van der Waals surface area contributed by atoms with Crippen LogP contribution >= 0.6 is 11.6 Å². The molecule has 1 amide bonds. The first-order valence-corrected chi connectivity index (χ1v) is 16.4. The van der Waals surface area contributed by atoms with E-state index < -0.39 is 17.9 Å². The molecule has 0 unspecified atom stereocenters. The van der Waals surface area contributed by atoms with Crippen LogP contribution in [0.5, 0.6) is 0 Å². The van der Waals surface area contributed by atoms with Crippen molar-refractivity contribution in [1.82, 2.24) is 10.2 Å². The predicted molar refractivity (Wildman–Crippen MR) is 174 cm³/mol. The van der Waals surface area contributed by atoms with E-state index >= 15 is 0 Å². The first-order valence-electron chi connectivity index (χ1n) is 16.0. The molecule has 0 aromatic heterocycles. The van der Waals surface area contributed by atoms with Crippen LogP contribution in [0.15, 0.2) is 72.8 Å². The summed E-state index contributed by atoms with van der Waals surface area (Å²) in [6.45, 7) is 2.54. The molecule has 4 N–H and O–H groups in total. The Labute approximate surface area is 275 Å². The van der Waals surface area contributed by atoms with Crippen molar-refractivity contribution in [2.75, 3.05) is 19.6 Å². The third kappa shape index (κ3) is 9.37. The maximum atomic E-state index is 12.2. The highest BCUT2D eigenvalue weighted by atomic mass is 35.5. The molecule has 0 saturated carbocycles. The second-order valence-electron chi connectivity index (χ2n) is 12.3. The summed E-state index contributed by atoms with van der Waals surface area (Å²) in [5.74, 6) is -0.950. The summed E-state index contributed by atoms with van der Waals surface area (Å²) in [4.78, 5) is 25.2. The number of aliphatic hydroxyl groups is 2. The number of carboxylic acids is 1. The van der Waals surface area contributed by atoms with E-state index in [-0.39, 0.29) is 31.1 Å². The average molecular weight is 651 g/mol. The molecule has 0 radical (unpaired) electrons. The number of carbonyl (C=O) groups is 2. The zero-order valence-electron chi connectivity index (χ0n) is 25.9. The number of halogens is 1. The van der Waals surface area contributed by atoms with Gasteiger partial charge in [0.25, 0.3) is 0 Å². The number of likely N-dealkylation sites (tertiary alicyclic amines) is 1. The van der Waals surface area contributed by atoms with Crippen LogP contribution in [-0.2, 0) is 37.8 Å². The Balaban J connectivity index is 1.21. The van der Waals surface area contributed by atoms with Crippen LogP contribution < -0.4 is 5.32 Å². The normalized spacial score (nSPS) is 21.5. The number of nitrogens with one attached hydrogen (secondary N) is 1. The molecule has 0 aliphatic carbocycles. The molecule has 0 spiro atoms. The first-order chi connectivity index (χ1) is 22.2. The van der Waals surface area contributed by atoms with Gasteiger partial charge in [-0.2, -0.15) is 0 Å². The highest BCUT2D eigenvalue weighted by Gasteiger charge is 2.37. The fourth-order valence-corrected chi connectivity index (χ4v) is 6.24. The number of carbonyl (C=O) groups excluding carboxylic acids is 1. The Morgan fingerprint density at radius 2 is 1.50 bits per heavy atom. The van der Waals surface area contributed by atoms with Gasteiger partial charge in [0.2, 0.25) is 5.91 Å². The van der Waals surface area contributed by atoms with E-state index in [1.165, 1.54) is 0 Å². The van der Waals surface area contributed by atoms with Gasteiger partial charge in [-0.25, -0.2) is 0 Å². The monoisotopic (exact) mass is 650 g/mol. The van der Waals surface area contributed by atoms with Gasteiger partial charge in [-0.15, -0.1) is 0 Å². The van der Waals surface area contributed by atoms with Crippen molar-refractivity contribution in [3.63, 3.8) is 0 Å². The molecule has 9 nitrogen and oxygen atoms in total. The highest BCUT2D eigenvalue weighted by Crippen LogP contribution is 2.39. The number of ether oxygens (including phenoxy) is 2. The molecule has 46 heavy (non-hydrogen) atoms. The van der Waals surface area contributed by atoms with Crippen LogP contribution in [0.3, 0.4) is 0 Å². The largest absolute Gasteiger partial charge is 0.481 e. The Morgan fingerprint density at radius 1 is 0.870 bits per heavy atom. The van der Waals surface area contributed by atoms with E-state index in [4.69, 9.17) is 26.2 Å². The Morgan fingerprint density at radius 3 is 2.15 bits per heavy atom. The standard InChI is InChI=1S/C36H43ClN2O7/c37-30-15-13-29(14-16-30)36(44)17-19-39(20-18-36)23-31-21-32(27-9-7-26(24-40)8-10-27)46-35(45-31)28-11-5-25(6-12-28)22-38-33(41)3-1-2-4-34(42)43/h5-16,31-32,35,40,44H,1-4,17-24H2,(H,38,41)(H,42,43)/t31-,32+,35+/m0/s1. The number of carboxylic acid groups (broad SMARTS) is 1. The van der Waals surface area contributed by atoms with Crippen LogP contribution in [0, 0.1) is 0 Å². The van der Waals surface area contributed by atoms with Crippen LogP contribution in [0.1, 0.15) is 85.2 Å². The van der Waals surface area contributed by atoms with Crippen molar-refractivity contribution in [2.45, 2.75) is 82.2 Å². The van der Waals surface area contributed by atoms with E-state index in [1.54, 1.807) is 0 Å². The van der Waals surface area contributed by atoms with Crippen molar-refractivity contribution in [3.8, 4) is 0 Å². The molecule has 5 rings (SSSR count). The lowest BCUT2D eigenvalue weighted by molar-refractivity contribution is -0.253. The molecule has 3 aromatic carbocycles. The summed E-state index contributed by atoms with van der Waals surface area (Å²) in [7, 11) is 0. The van der Waals surface area contributed by atoms with Gasteiger partial charge in [0.15, 0.2) is 6.29 Å². The van der Waals surface area contributed by atoms with E-state index in [2.05, 4.69) is 10.2 Å². The maximum absolute atomic E-state index is 12.2. The first kappa shape index (κ1) is 34.0. The van der Waals surface area contributed by atoms with Gasteiger partial charge in [0.1, 0.15) is 0 Å². The minimum Gasteiger partial charge on any atom is -0.481 e. The van der Waals surface area contributed by atoms with Crippen molar-refractivity contribution in [1.29, 1.82) is 0 Å². The van der Waals surface area contributed by atoms with Gasteiger partial charge in [0, 0.05) is 56.0 Å². The molecular weight excluding hydrogens is 608 g/mol. The molecule has 3 aromatic rings. The molecule has 2 saturated heterocycles. The molecule has 2 heterocycles. The summed E-state index contributed by atoms with van der Waals surface area (Å²) in [5, 5.41) is 33.2. The number of benzene rings is 3. The second kappa shape index (κ2) is 16.0. The summed E-state index contributed by atoms with van der Waals surface area (Å²) in [6, 6.07) is 23.1. The third-order valence-corrected chi connectivity index (χ3v) is 9.18. The second-order valence-corrected chi connectivity index (χ2v) is 12.7. The average Bonchev–Trinajstić information content (AvgIpc) is 3.07. The van der Waals surface area contributed by atoms with Gasteiger partial charge in [0.05, 0.1) is 24.4 Å². The maximum Gasteiger partial charge on any atom is 0.303 e. The van der Waals surface area contributed by atoms with E-state index in [9.17, 15) is 19.8 Å². The number of aliphatic carboxylic acids is 1. The number of nitrogens with zero attached hydrogens (tertiary/aromatic N) is 1. The Hall–Kier alpha value is -3.31. The van der Waals surface area contributed by atoms with Crippen molar-refractivity contribution in [3.05, 3.63) is 106 Å². The topological polar surface area (TPSA) is 129 Å². The fourth-order valence-electron chi connectivity index (χ4n) is 6.12. The fraction of sp³-hybridized carbons (Fsp3) is 0.444. The van der Waals surface area contributed by atoms with Crippen LogP contribution in [0.25, 0.3) is 0 Å². The van der Waals surface area contributed by atoms with Crippen LogP contribution in [0.2, 0.25) is 5.02 Å². The minimum absolute atomic E-state index is 0.0188. The lowest BCUT2D eigenvalue weighted by atomic mass is 9.84. The summed E-state index contributed by atoms with van der Waals surface area (Å²) in [6.07, 6.45) is 2.40. The van der Waals surface area contributed by atoms with E-state index in [0.29, 0.717) is 56.6 Å². The van der Waals surface area contributed by atoms with Crippen LogP contribution in [0.4, 0.5) is 0 Å². The zero-order valence-corrected chi connectivity index (χ0v) is 26.7. The Bertz CT molecular complexity index is 1420. The smallest absolute Gasteiger partial charge is 0.303 e. The molecule has 10 heteroatoms. The molecular formula is C36H43ClN2O7.